The van der Waals surface area contributed by atoms with Gasteiger partial charge in [0.1, 0.15) is 0 Å². The molecule has 6 nitrogen and oxygen atoms in total. The number of urea groups is 1. The molecular weight excluding hydrogens is 308 g/mol. The average Bonchev–Trinajstić information content (AvgIpc) is 2.53. The van der Waals surface area contributed by atoms with E-state index in [9.17, 15) is 9.59 Å². The Kier molecular flexibility index (Phi) is 5.62. The largest absolute Gasteiger partial charge is 0.466 e. The predicted molar refractivity (Wildman–Crippen MR) is 90.5 cm³/mol. The van der Waals surface area contributed by atoms with E-state index in [0.29, 0.717) is 24.4 Å². The lowest BCUT2D eigenvalue weighted by Gasteiger charge is -2.35. The summed E-state index contributed by atoms with van der Waals surface area (Å²) < 4.78 is 10.0. The average molecular weight is 332 g/mol. The fourth-order valence-electron chi connectivity index (χ4n) is 2.99. The van der Waals surface area contributed by atoms with Gasteiger partial charge >= 0.3 is 12.0 Å². The van der Waals surface area contributed by atoms with Crippen molar-refractivity contribution in [2.75, 3.05) is 27.4 Å². The van der Waals surface area contributed by atoms with E-state index < -0.39 is 12.0 Å². The summed E-state index contributed by atoms with van der Waals surface area (Å²) in [5.41, 5.74) is 4.06. The number of ether oxygens (including phenoxy) is 2. The highest BCUT2D eigenvalue weighted by atomic mass is 16.5. The number of rotatable bonds is 5. The van der Waals surface area contributed by atoms with Crippen LogP contribution in [0.3, 0.4) is 0 Å². The molecule has 1 aliphatic heterocycles. The molecule has 1 aliphatic rings. The van der Waals surface area contributed by atoms with Crippen LogP contribution in [0.2, 0.25) is 0 Å². The van der Waals surface area contributed by atoms with Crippen molar-refractivity contribution >= 4 is 12.0 Å². The number of nitrogens with zero attached hydrogens (tertiary/aromatic N) is 1. The smallest absolute Gasteiger partial charge is 0.337 e. The van der Waals surface area contributed by atoms with Crippen molar-refractivity contribution in [1.29, 1.82) is 0 Å². The molecule has 2 rings (SSSR count). The molecule has 1 aromatic rings. The lowest BCUT2D eigenvalue weighted by atomic mass is 9.91. The van der Waals surface area contributed by atoms with E-state index in [4.69, 9.17) is 9.47 Å². The number of hydrogen-bond acceptors (Lipinski definition) is 4. The standard InChI is InChI=1S/C18H24N2O4/c1-11-6-7-14(12(2)10-11)16-15(17(21)24-5)13(3)20(8-9-23-4)18(22)19-16/h6-7,10,16H,8-9H2,1-5H3,(H,19,22). The van der Waals surface area contributed by atoms with Crippen molar-refractivity contribution in [1.82, 2.24) is 10.2 Å². The monoisotopic (exact) mass is 332 g/mol. The van der Waals surface area contributed by atoms with E-state index in [-0.39, 0.29) is 6.03 Å². The Labute approximate surface area is 142 Å². The van der Waals surface area contributed by atoms with Crippen LogP contribution >= 0.6 is 0 Å². The van der Waals surface area contributed by atoms with Crippen LogP contribution in [0.15, 0.2) is 29.5 Å². The number of methoxy groups -OCH3 is 2. The molecule has 1 unspecified atom stereocenters. The summed E-state index contributed by atoms with van der Waals surface area (Å²) in [6, 6.07) is 5.17. The van der Waals surface area contributed by atoms with Gasteiger partial charge in [-0.15, -0.1) is 0 Å². The van der Waals surface area contributed by atoms with Gasteiger partial charge < -0.3 is 14.8 Å². The van der Waals surface area contributed by atoms with Crippen LogP contribution in [0, 0.1) is 13.8 Å². The van der Waals surface area contributed by atoms with Crippen LogP contribution in [0.4, 0.5) is 4.79 Å². The van der Waals surface area contributed by atoms with Gasteiger partial charge in [0.15, 0.2) is 0 Å². The fraction of sp³-hybridized carbons (Fsp3) is 0.444. The first-order valence-electron chi connectivity index (χ1n) is 7.84. The van der Waals surface area contributed by atoms with Gasteiger partial charge in [-0.2, -0.15) is 0 Å². The predicted octanol–water partition coefficient (Wildman–Crippen LogP) is 2.46. The van der Waals surface area contributed by atoms with Gasteiger partial charge in [-0.3, -0.25) is 4.90 Å². The van der Waals surface area contributed by atoms with E-state index in [1.807, 2.05) is 32.0 Å². The second-order valence-electron chi connectivity index (χ2n) is 5.88. The lowest BCUT2D eigenvalue weighted by molar-refractivity contribution is -0.136. The second kappa shape index (κ2) is 7.49. The zero-order valence-corrected chi connectivity index (χ0v) is 14.8. The van der Waals surface area contributed by atoms with Gasteiger partial charge in [-0.1, -0.05) is 23.8 Å². The van der Waals surface area contributed by atoms with E-state index in [2.05, 4.69) is 5.32 Å². The molecule has 0 saturated heterocycles. The molecule has 0 saturated carbocycles. The van der Waals surface area contributed by atoms with Crippen molar-refractivity contribution in [3.05, 3.63) is 46.2 Å². The second-order valence-corrected chi connectivity index (χ2v) is 5.88. The Morgan fingerprint density at radius 1 is 1.25 bits per heavy atom. The number of carbonyl (C=O) groups excluding carboxylic acids is 2. The molecule has 2 amide bonds. The Hall–Kier alpha value is -2.34. The van der Waals surface area contributed by atoms with Gasteiger partial charge in [0, 0.05) is 12.8 Å². The number of benzene rings is 1. The Bertz CT molecular complexity index is 682. The summed E-state index contributed by atoms with van der Waals surface area (Å²) in [5.74, 6) is -0.445. The quantitative estimate of drug-likeness (QED) is 0.841. The molecule has 6 heteroatoms. The number of nitrogens with one attached hydrogen (secondary N) is 1. The van der Waals surface area contributed by atoms with Crippen LogP contribution in [-0.4, -0.2) is 44.3 Å². The van der Waals surface area contributed by atoms with Gasteiger partial charge in [0.05, 0.1) is 31.9 Å². The SMILES string of the molecule is COCCN1C(=O)NC(c2ccc(C)cc2C)C(C(=O)OC)=C1C. The normalized spacial score (nSPS) is 17.8. The zero-order valence-electron chi connectivity index (χ0n) is 14.8. The van der Waals surface area contributed by atoms with Gasteiger partial charge in [0.25, 0.3) is 0 Å². The van der Waals surface area contributed by atoms with Crippen molar-refractivity contribution in [2.24, 2.45) is 0 Å². The molecule has 0 radical (unpaired) electrons. The summed E-state index contributed by atoms with van der Waals surface area (Å²) >= 11 is 0. The number of aryl methyl sites for hydroxylation is 2. The van der Waals surface area contributed by atoms with Crippen LogP contribution in [0.25, 0.3) is 0 Å². The molecule has 24 heavy (non-hydrogen) atoms. The highest BCUT2D eigenvalue weighted by molar-refractivity contribution is 5.95. The summed E-state index contributed by atoms with van der Waals surface area (Å²) in [4.78, 5) is 26.4. The highest BCUT2D eigenvalue weighted by Gasteiger charge is 2.36. The summed E-state index contributed by atoms with van der Waals surface area (Å²) in [5, 5.41) is 2.92. The van der Waals surface area contributed by atoms with Gasteiger partial charge in [-0.05, 0) is 31.9 Å². The fourth-order valence-corrected chi connectivity index (χ4v) is 2.99. The Morgan fingerprint density at radius 2 is 1.96 bits per heavy atom. The van der Waals surface area contributed by atoms with Crippen LogP contribution < -0.4 is 5.32 Å². The third-order valence-corrected chi connectivity index (χ3v) is 4.26. The van der Waals surface area contributed by atoms with Gasteiger partial charge in [0.2, 0.25) is 0 Å². The van der Waals surface area contributed by atoms with E-state index >= 15 is 0 Å². The van der Waals surface area contributed by atoms with Crippen molar-refractivity contribution in [3.8, 4) is 0 Å². The number of allylic oxidation sites excluding steroid dienone is 1. The molecule has 0 aliphatic carbocycles. The minimum absolute atomic E-state index is 0.248. The van der Waals surface area contributed by atoms with Gasteiger partial charge in [-0.25, -0.2) is 9.59 Å². The molecule has 130 valence electrons. The molecule has 1 heterocycles. The Balaban J connectivity index is 2.52. The number of carbonyl (C=O) groups is 2. The minimum atomic E-state index is -0.524. The zero-order chi connectivity index (χ0) is 17.9. The molecule has 1 atom stereocenters. The van der Waals surface area contributed by atoms with Crippen molar-refractivity contribution in [3.63, 3.8) is 0 Å². The molecule has 1 aromatic carbocycles. The maximum Gasteiger partial charge on any atom is 0.337 e. The first-order chi connectivity index (χ1) is 11.4. The molecule has 0 fully saturated rings. The number of amides is 2. The first-order valence-corrected chi connectivity index (χ1v) is 7.84. The third-order valence-electron chi connectivity index (χ3n) is 4.26. The topological polar surface area (TPSA) is 67.9 Å². The first kappa shape index (κ1) is 18.0. The van der Waals surface area contributed by atoms with Crippen LogP contribution in [-0.2, 0) is 14.3 Å². The molecule has 1 N–H and O–H groups in total. The number of esters is 1. The molecule has 0 spiro atoms. The maximum absolute atomic E-state index is 12.5. The van der Waals surface area contributed by atoms with E-state index in [1.165, 1.54) is 12.0 Å². The summed E-state index contributed by atoms with van der Waals surface area (Å²) in [7, 11) is 2.91. The highest BCUT2D eigenvalue weighted by Crippen LogP contribution is 2.32. The minimum Gasteiger partial charge on any atom is -0.466 e. The van der Waals surface area contributed by atoms with E-state index in [0.717, 1.165) is 16.7 Å². The number of hydrogen-bond donors (Lipinski definition) is 1. The summed E-state index contributed by atoms with van der Waals surface area (Å²) in [6.45, 7) is 6.49. The maximum atomic E-state index is 12.5. The lowest BCUT2D eigenvalue weighted by Crippen LogP contribution is -2.49. The van der Waals surface area contributed by atoms with Crippen molar-refractivity contribution in [2.45, 2.75) is 26.8 Å². The molecule has 0 aromatic heterocycles. The Morgan fingerprint density at radius 3 is 2.54 bits per heavy atom. The van der Waals surface area contributed by atoms with Crippen LogP contribution in [0.1, 0.15) is 29.7 Å². The van der Waals surface area contributed by atoms with Crippen molar-refractivity contribution < 1.29 is 19.1 Å². The van der Waals surface area contributed by atoms with E-state index in [1.54, 1.807) is 14.0 Å². The third kappa shape index (κ3) is 3.43. The summed E-state index contributed by atoms with van der Waals surface area (Å²) in [6.07, 6.45) is 0. The molecular formula is C18H24N2O4. The van der Waals surface area contributed by atoms with Crippen LogP contribution in [0.5, 0.6) is 0 Å². The molecule has 0 bridgehead atoms.